The molecule has 19 heavy (non-hydrogen) atoms. The fourth-order valence-corrected chi connectivity index (χ4v) is 1.78. The van der Waals surface area contributed by atoms with E-state index in [0.717, 1.165) is 6.42 Å². The Labute approximate surface area is 113 Å². The van der Waals surface area contributed by atoms with Crippen LogP contribution < -0.4 is 15.8 Å². The molecule has 0 radical (unpaired) electrons. The first-order valence-corrected chi connectivity index (χ1v) is 6.52. The quantitative estimate of drug-likeness (QED) is 0.654. The first-order chi connectivity index (χ1) is 9.06. The van der Waals surface area contributed by atoms with Gasteiger partial charge in [0.15, 0.2) is 0 Å². The molecule has 106 valence electrons. The number of carbonyl (C=O) groups excluding carboxylic acids is 1. The number of hydrogen-bond acceptors (Lipinski definition) is 4. The molecule has 0 spiro atoms. The van der Waals surface area contributed by atoms with Gasteiger partial charge in [-0.05, 0) is 38.8 Å². The molecule has 0 aliphatic carbocycles. The molecule has 1 amide bonds. The Morgan fingerprint density at radius 3 is 2.84 bits per heavy atom. The Balaban J connectivity index is 2.70. The maximum absolute atomic E-state index is 12.0. The van der Waals surface area contributed by atoms with Crippen LogP contribution in [0.3, 0.4) is 0 Å². The van der Waals surface area contributed by atoms with Crippen molar-refractivity contribution in [1.29, 1.82) is 0 Å². The minimum atomic E-state index is -0.182. The smallest absolute Gasteiger partial charge is 0.251 e. The van der Waals surface area contributed by atoms with Gasteiger partial charge in [0.1, 0.15) is 5.75 Å². The number of hydrogen-bond donors (Lipinski definition) is 3. The number of nitrogens with two attached hydrogens (primary N) is 1. The summed E-state index contributed by atoms with van der Waals surface area (Å²) >= 11 is 0. The lowest BCUT2D eigenvalue weighted by Crippen LogP contribution is -2.32. The van der Waals surface area contributed by atoms with Crippen LogP contribution in [0, 0.1) is 0 Å². The molecule has 0 heterocycles. The van der Waals surface area contributed by atoms with E-state index in [2.05, 4.69) is 5.32 Å². The molecular weight excluding hydrogens is 244 g/mol. The average Bonchev–Trinajstić information content (AvgIpc) is 2.36. The minimum absolute atomic E-state index is 0.0108. The zero-order valence-corrected chi connectivity index (χ0v) is 11.5. The summed E-state index contributed by atoms with van der Waals surface area (Å²) in [6.07, 6.45) is 1.41. The summed E-state index contributed by atoms with van der Waals surface area (Å²) in [6, 6.07) is 5.00. The number of nitrogen functional groups attached to an aromatic ring is 1. The third-order valence-corrected chi connectivity index (χ3v) is 2.67. The summed E-state index contributed by atoms with van der Waals surface area (Å²) in [5, 5.41) is 11.6. The third kappa shape index (κ3) is 5.18. The fraction of sp³-hybridized carbons (Fsp3) is 0.500. The molecule has 0 saturated carbocycles. The van der Waals surface area contributed by atoms with E-state index < -0.39 is 0 Å². The first kappa shape index (κ1) is 15.3. The van der Waals surface area contributed by atoms with Crippen molar-refractivity contribution < 1.29 is 14.6 Å². The van der Waals surface area contributed by atoms with Crippen LogP contribution in [0.5, 0.6) is 5.75 Å². The zero-order valence-electron chi connectivity index (χ0n) is 11.5. The van der Waals surface area contributed by atoms with Crippen molar-refractivity contribution >= 4 is 11.6 Å². The van der Waals surface area contributed by atoms with Crippen molar-refractivity contribution in [2.75, 3.05) is 18.9 Å². The fourth-order valence-electron chi connectivity index (χ4n) is 1.78. The number of carbonyl (C=O) groups is 1. The largest absolute Gasteiger partial charge is 0.494 e. The molecule has 0 fully saturated rings. The van der Waals surface area contributed by atoms with E-state index in [1.165, 1.54) is 0 Å². The molecule has 4 N–H and O–H groups in total. The van der Waals surface area contributed by atoms with Gasteiger partial charge in [0.2, 0.25) is 0 Å². The van der Waals surface area contributed by atoms with Gasteiger partial charge >= 0.3 is 0 Å². The lowest BCUT2D eigenvalue weighted by atomic mass is 10.1. The van der Waals surface area contributed by atoms with Gasteiger partial charge in [0.25, 0.3) is 5.91 Å². The molecule has 1 aromatic rings. The number of benzene rings is 1. The molecule has 0 bridgehead atoms. The van der Waals surface area contributed by atoms with E-state index in [9.17, 15) is 4.79 Å². The summed E-state index contributed by atoms with van der Waals surface area (Å²) in [7, 11) is 0. The molecule has 0 aromatic heterocycles. The van der Waals surface area contributed by atoms with Crippen LogP contribution in [-0.2, 0) is 0 Å². The maximum atomic E-state index is 12.0. The molecule has 5 nitrogen and oxygen atoms in total. The van der Waals surface area contributed by atoms with E-state index in [4.69, 9.17) is 15.6 Å². The molecule has 1 atom stereocenters. The van der Waals surface area contributed by atoms with Crippen LogP contribution in [0.4, 0.5) is 5.69 Å². The molecule has 0 aliphatic rings. The summed E-state index contributed by atoms with van der Waals surface area (Å²) in [4.78, 5) is 12.0. The van der Waals surface area contributed by atoms with Crippen LogP contribution in [0.15, 0.2) is 18.2 Å². The highest BCUT2D eigenvalue weighted by Gasteiger charge is 2.11. The number of anilines is 1. The summed E-state index contributed by atoms with van der Waals surface area (Å²) in [5.74, 6) is 0.411. The standard InChI is InChI=1S/C14H22N2O3/c1-3-19-13-8-11(7-12(15)9-13)14(18)16-10(2)5-4-6-17/h7-10,17H,3-6,15H2,1-2H3,(H,16,18). The van der Waals surface area contributed by atoms with Gasteiger partial charge in [-0.1, -0.05) is 0 Å². The normalized spacial score (nSPS) is 11.9. The van der Waals surface area contributed by atoms with Crippen LogP contribution in [0.2, 0.25) is 0 Å². The number of amides is 1. The van der Waals surface area contributed by atoms with Crippen molar-refractivity contribution in [2.24, 2.45) is 0 Å². The topological polar surface area (TPSA) is 84.6 Å². The van der Waals surface area contributed by atoms with E-state index in [-0.39, 0.29) is 18.6 Å². The van der Waals surface area contributed by atoms with Crippen LogP contribution >= 0.6 is 0 Å². The summed E-state index contributed by atoms with van der Waals surface area (Å²) in [6.45, 7) is 4.44. The van der Waals surface area contributed by atoms with Gasteiger partial charge in [-0.15, -0.1) is 0 Å². The van der Waals surface area contributed by atoms with Crippen LogP contribution in [0.1, 0.15) is 37.0 Å². The van der Waals surface area contributed by atoms with Gasteiger partial charge in [-0.25, -0.2) is 0 Å². The van der Waals surface area contributed by atoms with E-state index in [1.54, 1.807) is 18.2 Å². The molecular formula is C14H22N2O3. The van der Waals surface area contributed by atoms with Crippen molar-refractivity contribution in [1.82, 2.24) is 5.32 Å². The van der Waals surface area contributed by atoms with Gasteiger partial charge in [0.05, 0.1) is 6.61 Å². The van der Waals surface area contributed by atoms with Crippen molar-refractivity contribution in [3.05, 3.63) is 23.8 Å². The number of aliphatic hydroxyl groups is 1. The Bertz CT molecular complexity index is 421. The number of rotatable bonds is 7. The van der Waals surface area contributed by atoms with Crippen LogP contribution in [0.25, 0.3) is 0 Å². The second-order valence-corrected chi connectivity index (χ2v) is 4.46. The van der Waals surface area contributed by atoms with Crippen LogP contribution in [-0.4, -0.2) is 30.3 Å². The number of aliphatic hydroxyl groups excluding tert-OH is 1. The Morgan fingerprint density at radius 2 is 2.21 bits per heavy atom. The molecule has 5 heteroatoms. The monoisotopic (exact) mass is 266 g/mol. The molecule has 0 aliphatic heterocycles. The molecule has 1 unspecified atom stereocenters. The lowest BCUT2D eigenvalue weighted by molar-refractivity contribution is 0.0936. The molecule has 1 aromatic carbocycles. The minimum Gasteiger partial charge on any atom is -0.494 e. The first-order valence-electron chi connectivity index (χ1n) is 6.52. The second kappa shape index (κ2) is 7.63. The zero-order chi connectivity index (χ0) is 14.3. The van der Waals surface area contributed by atoms with Gasteiger partial charge in [-0.2, -0.15) is 0 Å². The van der Waals surface area contributed by atoms with Gasteiger partial charge in [0, 0.05) is 30.0 Å². The highest BCUT2D eigenvalue weighted by Crippen LogP contribution is 2.19. The Hall–Kier alpha value is -1.75. The third-order valence-electron chi connectivity index (χ3n) is 2.67. The van der Waals surface area contributed by atoms with E-state index in [0.29, 0.717) is 30.0 Å². The lowest BCUT2D eigenvalue weighted by Gasteiger charge is -2.14. The predicted octanol–water partition coefficient (Wildman–Crippen LogP) is 1.56. The van der Waals surface area contributed by atoms with E-state index in [1.807, 2.05) is 13.8 Å². The maximum Gasteiger partial charge on any atom is 0.251 e. The summed E-state index contributed by atoms with van der Waals surface area (Å²) < 4.78 is 5.35. The van der Waals surface area contributed by atoms with Gasteiger partial charge in [-0.3, -0.25) is 4.79 Å². The molecule has 0 saturated heterocycles. The summed E-state index contributed by atoms with van der Waals surface area (Å²) in [5.41, 5.74) is 6.73. The highest BCUT2D eigenvalue weighted by molar-refractivity contribution is 5.95. The Morgan fingerprint density at radius 1 is 1.47 bits per heavy atom. The number of nitrogens with one attached hydrogen (secondary N) is 1. The SMILES string of the molecule is CCOc1cc(N)cc(C(=O)NC(C)CCCO)c1. The van der Waals surface area contributed by atoms with E-state index >= 15 is 0 Å². The number of ether oxygens (including phenoxy) is 1. The Kier molecular flexibility index (Phi) is 6.15. The molecule has 1 rings (SSSR count). The van der Waals surface area contributed by atoms with Crippen molar-refractivity contribution in [3.8, 4) is 5.75 Å². The average molecular weight is 266 g/mol. The van der Waals surface area contributed by atoms with Gasteiger partial charge < -0.3 is 20.9 Å². The van der Waals surface area contributed by atoms with Crippen molar-refractivity contribution in [3.63, 3.8) is 0 Å². The second-order valence-electron chi connectivity index (χ2n) is 4.46. The highest BCUT2D eigenvalue weighted by atomic mass is 16.5. The predicted molar refractivity (Wildman–Crippen MR) is 75.3 cm³/mol. The van der Waals surface area contributed by atoms with Crippen molar-refractivity contribution in [2.45, 2.75) is 32.7 Å².